The second-order valence-corrected chi connectivity index (χ2v) is 12.6. The van der Waals surface area contributed by atoms with Gasteiger partial charge in [0.25, 0.3) is 5.91 Å². The van der Waals surface area contributed by atoms with Crippen molar-refractivity contribution in [2.24, 2.45) is 17.3 Å². The largest absolute Gasteiger partial charge is 0.444 e. The molecule has 0 radical (unpaired) electrons. The van der Waals surface area contributed by atoms with Gasteiger partial charge in [0.2, 0.25) is 5.91 Å². The molecule has 3 aliphatic carbocycles. The Balaban J connectivity index is 1.01. The molecule has 2 saturated heterocycles. The number of ether oxygens (including phenoxy) is 1. The van der Waals surface area contributed by atoms with Gasteiger partial charge in [-0.3, -0.25) is 9.59 Å². The summed E-state index contributed by atoms with van der Waals surface area (Å²) in [5.41, 5.74) is 0.907. The number of likely N-dealkylation sites (tertiary alicyclic amines) is 2. The second-order valence-electron chi connectivity index (χ2n) is 12.6. The zero-order valence-electron chi connectivity index (χ0n) is 21.0. The molecule has 190 valence electrons. The monoisotopic (exact) mass is 484 g/mol. The first kappa shape index (κ1) is 22.9. The second kappa shape index (κ2) is 7.96. The fourth-order valence-corrected chi connectivity index (χ4v) is 6.97. The lowest BCUT2D eigenvalue weighted by Crippen LogP contribution is -2.66. The summed E-state index contributed by atoms with van der Waals surface area (Å²) in [5, 5.41) is 7.39. The van der Waals surface area contributed by atoms with Crippen LogP contribution in [0.1, 0.15) is 81.1 Å². The number of carbonyl (C=O) groups excluding carboxylic acids is 3. The third kappa shape index (κ3) is 4.10. The van der Waals surface area contributed by atoms with Gasteiger partial charge in [-0.15, -0.1) is 0 Å². The fourth-order valence-electron chi connectivity index (χ4n) is 6.97. The van der Waals surface area contributed by atoms with E-state index in [1.54, 1.807) is 4.90 Å². The van der Waals surface area contributed by atoms with E-state index < -0.39 is 5.60 Å². The van der Waals surface area contributed by atoms with Crippen LogP contribution < -0.4 is 5.32 Å². The standard InChI is InChI=1S/C26H36N4O5/c1-25(2,3)34-24(33)29-13-26(14-29)10-16(11-26)22(31)27-17-5-7-20-19(9-17)21(28-35-20)23(32)30-12-15-4-6-18(30)8-15/h15-18H,4-14H2,1-3H3,(H,27,31)/t15-,17+,18-/m1/s1. The van der Waals surface area contributed by atoms with Gasteiger partial charge in [0.1, 0.15) is 11.4 Å². The third-order valence-corrected chi connectivity index (χ3v) is 8.69. The van der Waals surface area contributed by atoms with Gasteiger partial charge in [0, 0.05) is 55.0 Å². The first-order chi connectivity index (χ1) is 16.6. The molecule has 0 unspecified atom stereocenters. The molecule has 4 fully saturated rings. The first-order valence-corrected chi connectivity index (χ1v) is 13.2. The number of piperidine rings is 1. The maximum Gasteiger partial charge on any atom is 0.410 e. The summed E-state index contributed by atoms with van der Waals surface area (Å²) in [6, 6.07) is 0.342. The topological polar surface area (TPSA) is 105 Å². The zero-order chi connectivity index (χ0) is 24.5. The Labute approximate surface area is 205 Å². The molecule has 2 aliphatic heterocycles. The molecule has 35 heavy (non-hydrogen) atoms. The van der Waals surface area contributed by atoms with Crippen molar-refractivity contribution in [3.8, 4) is 0 Å². The fraction of sp³-hybridized carbons (Fsp3) is 0.769. The van der Waals surface area contributed by atoms with Crippen LogP contribution in [0.3, 0.4) is 0 Å². The van der Waals surface area contributed by atoms with Crippen molar-refractivity contribution in [1.82, 2.24) is 20.3 Å². The van der Waals surface area contributed by atoms with E-state index in [9.17, 15) is 14.4 Å². The highest BCUT2D eigenvalue weighted by molar-refractivity contribution is 5.94. The van der Waals surface area contributed by atoms with Gasteiger partial charge in [0.05, 0.1) is 0 Å². The molecule has 6 rings (SSSR count). The van der Waals surface area contributed by atoms with Gasteiger partial charge in [0.15, 0.2) is 5.69 Å². The van der Waals surface area contributed by atoms with Crippen LogP contribution in [0.4, 0.5) is 4.79 Å². The minimum Gasteiger partial charge on any atom is -0.444 e. The molecule has 1 aromatic heterocycles. The van der Waals surface area contributed by atoms with Crippen LogP contribution in [0.25, 0.3) is 0 Å². The van der Waals surface area contributed by atoms with Gasteiger partial charge < -0.3 is 24.4 Å². The number of aryl methyl sites for hydroxylation is 1. The van der Waals surface area contributed by atoms with Crippen LogP contribution in [-0.4, -0.2) is 70.2 Å². The van der Waals surface area contributed by atoms with E-state index >= 15 is 0 Å². The van der Waals surface area contributed by atoms with Crippen LogP contribution >= 0.6 is 0 Å². The lowest BCUT2D eigenvalue weighted by molar-refractivity contribution is -0.143. The van der Waals surface area contributed by atoms with Gasteiger partial charge >= 0.3 is 6.09 Å². The Kier molecular flexibility index (Phi) is 5.20. The van der Waals surface area contributed by atoms with Crippen molar-refractivity contribution in [1.29, 1.82) is 0 Å². The molecule has 3 heterocycles. The number of hydrogen-bond donors (Lipinski definition) is 1. The predicted molar refractivity (Wildman–Crippen MR) is 126 cm³/mol. The van der Waals surface area contributed by atoms with Gasteiger partial charge in [-0.1, -0.05) is 5.16 Å². The number of hydrogen-bond acceptors (Lipinski definition) is 6. The summed E-state index contributed by atoms with van der Waals surface area (Å²) in [7, 11) is 0. The third-order valence-electron chi connectivity index (χ3n) is 8.69. The van der Waals surface area contributed by atoms with Crippen LogP contribution in [0.5, 0.6) is 0 Å². The minimum absolute atomic E-state index is 0.00497. The molecule has 1 N–H and O–H groups in total. The van der Waals surface area contributed by atoms with Gasteiger partial charge in [-0.05, 0) is 71.6 Å². The summed E-state index contributed by atoms with van der Waals surface area (Å²) in [6.45, 7) is 7.78. The lowest BCUT2D eigenvalue weighted by Gasteiger charge is -2.58. The van der Waals surface area contributed by atoms with E-state index in [0.29, 0.717) is 43.6 Å². The normalized spacial score (nSPS) is 28.9. The van der Waals surface area contributed by atoms with E-state index in [1.165, 1.54) is 6.42 Å². The zero-order valence-corrected chi connectivity index (χ0v) is 21.0. The molecule has 5 aliphatic rings. The molecule has 2 saturated carbocycles. The molecular weight excluding hydrogens is 448 g/mol. The van der Waals surface area contributed by atoms with Crippen LogP contribution in [-0.2, 0) is 22.4 Å². The molecule has 1 aromatic rings. The van der Waals surface area contributed by atoms with Crippen molar-refractivity contribution in [2.45, 2.75) is 89.8 Å². The number of nitrogens with one attached hydrogen (secondary N) is 1. The molecule has 1 spiro atoms. The number of nitrogens with zero attached hydrogens (tertiary/aromatic N) is 3. The highest BCUT2D eigenvalue weighted by Gasteiger charge is 2.56. The van der Waals surface area contributed by atoms with Crippen molar-refractivity contribution >= 4 is 17.9 Å². The van der Waals surface area contributed by atoms with Crippen molar-refractivity contribution in [3.05, 3.63) is 17.0 Å². The SMILES string of the molecule is CC(C)(C)OC(=O)N1CC2(CC(C(=O)N[C@H]3CCc4onc(C(=O)N5C[C@@H]6CC[C@@H]5C6)c4C3)C2)C1. The Morgan fingerprint density at radius 2 is 1.91 bits per heavy atom. The summed E-state index contributed by atoms with van der Waals surface area (Å²) in [4.78, 5) is 42.1. The summed E-state index contributed by atoms with van der Waals surface area (Å²) >= 11 is 0. The Morgan fingerprint density at radius 1 is 1.14 bits per heavy atom. The Morgan fingerprint density at radius 3 is 2.57 bits per heavy atom. The highest BCUT2D eigenvalue weighted by atomic mass is 16.6. The van der Waals surface area contributed by atoms with Crippen LogP contribution in [0.2, 0.25) is 0 Å². The Bertz CT molecular complexity index is 1040. The number of rotatable bonds is 3. The summed E-state index contributed by atoms with van der Waals surface area (Å²) in [6.07, 6.45) is 6.85. The molecule has 3 atom stereocenters. The van der Waals surface area contributed by atoms with E-state index in [0.717, 1.165) is 50.0 Å². The Hall–Kier alpha value is -2.58. The van der Waals surface area contributed by atoms with E-state index in [-0.39, 0.29) is 35.3 Å². The molecular formula is C26H36N4O5. The molecule has 3 amide bonds. The predicted octanol–water partition coefficient (Wildman–Crippen LogP) is 2.92. The quantitative estimate of drug-likeness (QED) is 0.707. The minimum atomic E-state index is -0.495. The number of amides is 3. The highest BCUT2D eigenvalue weighted by Crippen LogP contribution is 2.52. The summed E-state index contributed by atoms with van der Waals surface area (Å²) in [5.74, 6) is 1.50. The molecule has 2 bridgehead atoms. The van der Waals surface area contributed by atoms with E-state index in [4.69, 9.17) is 9.26 Å². The van der Waals surface area contributed by atoms with Crippen LogP contribution in [0, 0.1) is 17.3 Å². The maximum atomic E-state index is 13.2. The first-order valence-electron chi connectivity index (χ1n) is 13.2. The van der Waals surface area contributed by atoms with Gasteiger partial charge in [-0.2, -0.15) is 0 Å². The van der Waals surface area contributed by atoms with Gasteiger partial charge in [-0.25, -0.2) is 4.79 Å². The average Bonchev–Trinajstić information content (AvgIpc) is 3.45. The molecule has 9 nitrogen and oxygen atoms in total. The van der Waals surface area contributed by atoms with Crippen LogP contribution in [0.15, 0.2) is 4.52 Å². The lowest BCUT2D eigenvalue weighted by atomic mass is 9.57. The van der Waals surface area contributed by atoms with E-state index in [1.807, 2.05) is 25.7 Å². The number of carbonyl (C=O) groups is 3. The van der Waals surface area contributed by atoms with Crippen molar-refractivity contribution < 1.29 is 23.6 Å². The molecule has 9 heteroatoms. The smallest absolute Gasteiger partial charge is 0.410 e. The summed E-state index contributed by atoms with van der Waals surface area (Å²) < 4.78 is 11.0. The number of fused-ring (bicyclic) bond motifs is 3. The molecule has 0 aromatic carbocycles. The van der Waals surface area contributed by atoms with E-state index in [2.05, 4.69) is 10.5 Å². The number of aromatic nitrogens is 1. The maximum absolute atomic E-state index is 13.2. The van der Waals surface area contributed by atoms with Crippen molar-refractivity contribution in [2.75, 3.05) is 19.6 Å². The average molecular weight is 485 g/mol. The van der Waals surface area contributed by atoms with Crippen molar-refractivity contribution in [3.63, 3.8) is 0 Å².